The van der Waals surface area contributed by atoms with E-state index < -0.39 is 26.3 Å². The van der Waals surface area contributed by atoms with Gasteiger partial charge >= 0.3 is 0 Å². The second kappa shape index (κ2) is 5.42. The minimum Gasteiger partial charge on any atom is -0.329 e. The number of hydrogen-bond acceptors (Lipinski definition) is 3. The highest BCUT2D eigenvalue weighted by molar-refractivity contribution is 9.10. The molecule has 0 aromatic heterocycles. The molecule has 0 fully saturated rings. The van der Waals surface area contributed by atoms with Crippen LogP contribution in [0.5, 0.6) is 0 Å². The predicted octanol–water partition coefficient (Wildman–Crippen LogP) is 2.26. The Kier molecular flexibility index (Phi) is 4.77. The zero-order valence-corrected chi connectivity index (χ0v) is 13.0. The van der Waals surface area contributed by atoms with Gasteiger partial charge in [-0.1, -0.05) is 11.6 Å². The summed E-state index contributed by atoms with van der Waals surface area (Å²) in [5, 5.41) is 0.113. The molecular formula is C10H13BrClFN2O2S. The molecule has 1 aromatic rings. The highest BCUT2D eigenvalue weighted by Crippen LogP contribution is 2.28. The molecule has 0 aliphatic carbocycles. The van der Waals surface area contributed by atoms with Gasteiger partial charge < -0.3 is 5.73 Å². The van der Waals surface area contributed by atoms with Crippen LogP contribution in [0.25, 0.3) is 0 Å². The van der Waals surface area contributed by atoms with Gasteiger partial charge in [0.15, 0.2) is 0 Å². The van der Waals surface area contributed by atoms with Gasteiger partial charge in [-0.25, -0.2) is 17.5 Å². The van der Waals surface area contributed by atoms with Crippen LogP contribution in [-0.4, -0.2) is 20.5 Å². The molecule has 0 saturated heterocycles. The van der Waals surface area contributed by atoms with E-state index in [0.29, 0.717) is 4.47 Å². The molecule has 0 atom stereocenters. The molecule has 0 amide bonds. The van der Waals surface area contributed by atoms with Crippen LogP contribution in [0.4, 0.5) is 4.39 Å². The van der Waals surface area contributed by atoms with Crippen molar-refractivity contribution in [2.24, 2.45) is 5.73 Å². The Morgan fingerprint density at radius 2 is 2.06 bits per heavy atom. The fourth-order valence-electron chi connectivity index (χ4n) is 1.17. The summed E-state index contributed by atoms with van der Waals surface area (Å²) < 4.78 is 40.3. The molecule has 3 N–H and O–H groups in total. The fraction of sp³-hybridized carbons (Fsp3) is 0.400. The molecule has 18 heavy (non-hydrogen) atoms. The van der Waals surface area contributed by atoms with E-state index in [4.69, 9.17) is 17.3 Å². The molecule has 0 aliphatic rings. The largest absolute Gasteiger partial charge is 0.329 e. The van der Waals surface area contributed by atoms with Crippen LogP contribution in [0.2, 0.25) is 5.02 Å². The lowest BCUT2D eigenvalue weighted by Crippen LogP contribution is -2.48. The SMILES string of the molecule is CC(C)(CN)NS(=O)(=O)c1cc(Cl)c(Br)cc1F. The van der Waals surface area contributed by atoms with Crippen molar-refractivity contribution in [2.75, 3.05) is 6.54 Å². The maximum absolute atomic E-state index is 13.7. The second-order valence-corrected chi connectivity index (χ2v) is 7.30. The van der Waals surface area contributed by atoms with Gasteiger partial charge in [-0.3, -0.25) is 0 Å². The van der Waals surface area contributed by atoms with Gasteiger partial charge in [0.05, 0.1) is 5.02 Å². The molecule has 1 aromatic carbocycles. The van der Waals surface area contributed by atoms with Crippen molar-refractivity contribution in [2.45, 2.75) is 24.3 Å². The first-order chi connectivity index (χ1) is 8.09. The van der Waals surface area contributed by atoms with Crippen molar-refractivity contribution in [3.8, 4) is 0 Å². The van der Waals surface area contributed by atoms with Crippen molar-refractivity contribution in [3.63, 3.8) is 0 Å². The molecule has 4 nitrogen and oxygen atoms in total. The Balaban J connectivity index is 3.26. The molecule has 0 aliphatic heterocycles. The van der Waals surface area contributed by atoms with E-state index in [1.807, 2.05) is 0 Å². The second-order valence-electron chi connectivity index (χ2n) is 4.39. The maximum Gasteiger partial charge on any atom is 0.244 e. The molecular weight excluding hydrogens is 347 g/mol. The van der Waals surface area contributed by atoms with E-state index in [1.54, 1.807) is 13.8 Å². The molecule has 0 unspecified atom stereocenters. The maximum atomic E-state index is 13.7. The van der Waals surface area contributed by atoms with Crippen LogP contribution in [0.3, 0.4) is 0 Å². The van der Waals surface area contributed by atoms with Gasteiger partial charge in [0.25, 0.3) is 0 Å². The molecule has 0 saturated carbocycles. The third kappa shape index (κ3) is 3.64. The summed E-state index contributed by atoms with van der Waals surface area (Å²) in [5.41, 5.74) is 4.56. The van der Waals surface area contributed by atoms with E-state index in [9.17, 15) is 12.8 Å². The van der Waals surface area contributed by atoms with Crippen molar-refractivity contribution in [1.29, 1.82) is 0 Å². The van der Waals surface area contributed by atoms with Crippen molar-refractivity contribution < 1.29 is 12.8 Å². The number of halogens is 3. The van der Waals surface area contributed by atoms with Crippen LogP contribution in [-0.2, 0) is 10.0 Å². The topological polar surface area (TPSA) is 72.2 Å². The molecule has 8 heteroatoms. The number of benzene rings is 1. The third-order valence-electron chi connectivity index (χ3n) is 2.19. The normalized spacial score (nSPS) is 12.8. The lowest BCUT2D eigenvalue weighted by Gasteiger charge is -2.24. The first-order valence-corrected chi connectivity index (χ1v) is 7.63. The van der Waals surface area contributed by atoms with Crippen molar-refractivity contribution in [3.05, 3.63) is 27.4 Å². The summed E-state index contributed by atoms with van der Waals surface area (Å²) >= 11 is 8.78. The van der Waals surface area contributed by atoms with Crippen LogP contribution < -0.4 is 10.5 Å². The number of nitrogens with two attached hydrogens (primary N) is 1. The Bertz CT molecular complexity index is 563. The monoisotopic (exact) mass is 358 g/mol. The van der Waals surface area contributed by atoms with Gasteiger partial charge in [0.1, 0.15) is 10.7 Å². The smallest absolute Gasteiger partial charge is 0.244 e. The van der Waals surface area contributed by atoms with E-state index in [-0.39, 0.29) is 11.6 Å². The highest BCUT2D eigenvalue weighted by atomic mass is 79.9. The highest BCUT2D eigenvalue weighted by Gasteiger charge is 2.27. The van der Waals surface area contributed by atoms with Crippen LogP contribution >= 0.6 is 27.5 Å². The number of rotatable bonds is 4. The van der Waals surface area contributed by atoms with Gasteiger partial charge in [0, 0.05) is 16.6 Å². The Morgan fingerprint density at radius 1 is 1.50 bits per heavy atom. The average molecular weight is 360 g/mol. The van der Waals surface area contributed by atoms with Crippen molar-refractivity contribution in [1.82, 2.24) is 4.72 Å². The summed E-state index contributed by atoms with van der Waals surface area (Å²) in [5.74, 6) is -0.883. The van der Waals surface area contributed by atoms with E-state index >= 15 is 0 Å². The number of hydrogen-bond donors (Lipinski definition) is 2. The summed E-state index contributed by atoms with van der Waals surface area (Å²) in [6, 6.07) is 2.06. The molecule has 0 heterocycles. The fourth-order valence-corrected chi connectivity index (χ4v) is 3.22. The van der Waals surface area contributed by atoms with E-state index in [0.717, 1.165) is 12.1 Å². The predicted molar refractivity (Wildman–Crippen MR) is 72.6 cm³/mol. The van der Waals surface area contributed by atoms with Gasteiger partial charge in [-0.2, -0.15) is 0 Å². The summed E-state index contributed by atoms with van der Waals surface area (Å²) in [4.78, 5) is -0.503. The lowest BCUT2D eigenvalue weighted by molar-refractivity contribution is 0.459. The van der Waals surface area contributed by atoms with Crippen LogP contribution in [0.1, 0.15) is 13.8 Å². The van der Waals surface area contributed by atoms with Gasteiger partial charge in [-0.05, 0) is 41.9 Å². The first-order valence-electron chi connectivity index (χ1n) is 4.98. The molecule has 0 bridgehead atoms. The van der Waals surface area contributed by atoms with Crippen LogP contribution in [0, 0.1) is 5.82 Å². The quantitative estimate of drug-likeness (QED) is 0.810. The third-order valence-corrected chi connectivity index (χ3v) is 5.10. The first kappa shape index (κ1) is 15.8. The summed E-state index contributed by atoms with van der Waals surface area (Å²) in [6.45, 7) is 3.28. The standard InChI is InChI=1S/C10H13BrClFN2O2S/c1-10(2,5-14)15-18(16,17)9-4-7(12)6(11)3-8(9)13/h3-4,15H,5,14H2,1-2H3. The lowest BCUT2D eigenvalue weighted by atomic mass is 10.1. The molecule has 1 rings (SSSR count). The average Bonchev–Trinajstić information content (AvgIpc) is 2.21. The Labute approximate surface area is 119 Å². The molecule has 0 radical (unpaired) electrons. The zero-order valence-electron chi connectivity index (χ0n) is 9.80. The molecule has 0 spiro atoms. The van der Waals surface area contributed by atoms with Crippen molar-refractivity contribution >= 4 is 37.6 Å². The summed E-state index contributed by atoms with van der Waals surface area (Å²) in [7, 11) is -4.01. The Hall–Kier alpha value is -0.210. The Morgan fingerprint density at radius 3 is 2.56 bits per heavy atom. The minimum absolute atomic E-state index is 0.0815. The van der Waals surface area contributed by atoms with Gasteiger partial charge in [0.2, 0.25) is 10.0 Å². The zero-order chi connectivity index (χ0) is 14.1. The number of nitrogens with one attached hydrogen (secondary N) is 1. The van der Waals surface area contributed by atoms with E-state index in [2.05, 4.69) is 20.7 Å². The van der Waals surface area contributed by atoms with E-state index in [1.165, 1.54) is 0 Å². The minimum atomic E-state index is -4.01. The van der Waals surface area contributed by atoms with Crippen LogP contribution in [0.15, 0.2) is 21.5 Å². The number of sulfonamides is 1. The van der Waals surface area contributed by atoms with Gasteiger partial charge in [-0.15, -0.1) is 0 Å². The molecule has 102 valence electrons. The summed E-state index contributed by atoms with van der Waals surface area (Å²) in [6.07, 6.45) is 0.